The van der Waals surface area contributed by atoms with Crippen LogP contribution in [0, 0.1) is 11.8 Å². The molecule has 1 fully saturated rings. The van der Waals surface area contributed by atoms with Crippen molar-refractivity contribution in [2.75, 3.05) is 13.1 Å². The Hall–Kier alpha value is -0.870. The Morgan fingerprint density at radius 2 is 1.94 bits per heavy atom. The smallest absolute Gasteiger partial charge is 0.0538 e. The van der Waals surface area contributed by atoms with E-state index in [1.807, 2.05) is 17.9 Å². The third-order valence-electron chi connectivity index (χ3n) is 3.85. The van der Waals surface area contributed by atoms with Gasteiger partial charge in [0.25, 0.3) is 0 Å². The lowest BCUT2D eigenvalue weighted by Crippen LogP contribution is -2.46. The number of nitrogens with two attached hydrogens (primary N) is 1. The lowest BCUT2D eigenvalue weighted by molar-refractivity contribution is 0.0846. The van der Waals surface area contributed by atoms with Crippen LogP contribution < -0.4 is 5.73 Å². The summed E-state index contributed by atoms with van der Waals surface area (Å²) in [6.07, 6.45) is 5.38. The summed E-state index contributed by atoms with van der Waals surface area (Å²) >= 11 is 0. The van der Waals surface area contributed by atoms with Gasteiger partial charge in [0.15, 0.2) is 0 Å². The second-order valence-electron chi connectivity index (χ2n) is 6.15. The molecule has 1 aliphatic rings. The zero-order chi connectivity index (χ0) is 13.3. The maximum Gasteiger partial charge on any atom is 0.0538 e. The van der Waals surface area contributed by atoms with Crippen molar-refractivity contribution >= 4 is 0 Å². The molecule has 4 heteroatoms. The van der Waals surface area contributed by atoms with Gasteiger partial charge in [-0.25, -0.2) is 0 Å². The summed E-state index contributed by atoms with van der Waals surface area (Å²) in [6, 6.07) is 0.426. The normalized spacial score (nSPS) is 29.2. The Kier molecular flexibility index (Phi) is 4.07. The Bertz CT molecular complexity index is 375. The first-order valence-corrected chi connectivity index (χ1v) is 6.95. The van der Waals surface area contributed by atoms with E-state index < -0.39 is 0 Å². The minimum atomic E-state index is 0.131. The van der Waals surface area contributed by atoms with Gasteiger partial charge in [0.2, 0.25) is 0 Å². The zero-order valence-corrected chi connectivity index (χ0v) is 12.0. The minimum absolute atomic E-state index is 0.131. The van der Waals surface area contributed by atoms with E-state index in [1.54, 1.807) is 0 Å². The van der Waals surface area contributed by atoms with Crippen molar-refractivity contribution in [3.63, 3.8) is 0 Å². The molecule has 1 saturated heterocycles. The average Bonchev–Trinajstić information content (AvgIpc) is 2.62. The fourth-order valence-corrected chi connectivity index (χ4v) is 3.38. The van der Waals surface area contributed by atoms with Gasteiger partial charge in [0.1, 0.15) is 0 Å². The molecule has 0 amide bonds. The second-order valence-corrected chi connectivity index (χ2v) is 6.15. The molecule has 1 aromatic heterocycles. The summed E-state index contributed by atoms with van der Waals surface area (Å²) in [5.41, 5.74) is 7.47. The van der Waals surface area contributed by atoms with Gasteiger partial charge in [-0.3, -0.25) is 9.58 Å². The number of aryl methyl sites for hydroxylation is 1. The summed E-state index contributed by atoms with van der Waals surface area (Å²) in [7, 11) is 1.96. The zero-order valence-electron chi connectivity index (χ0n) is 12.0. The molecule has 2 rings (SSSR count). The van der Waals surface area contributed by atoms with Crippen LogP contribution in [0.3, 0.4) is 0 Å². The van der Waals surface area contributed by atoms with E-state index in [1.165, 1.54) is 12.0 Å². The molecule has 4 atom stereocenters. The first kappa shape index (κ1) is 13.6. The van der Waals surface area contributed by atoms with Crippen molar-refractivity contribution < 1.29 is 0 Å². The van der Waals surface area contributed by atoms with Crippen LogP contribution in [0.25, 0.3) is 0 Å². The summed E-state index contributed by atoms with van der Waals surface area (Å²) in [5.74, 6) is 1.51. The fraction of sp³-hybridized carbons (Fsp3) is 0.786. The van der Waals surface area contributed by atoms with Crippen molar-refractivity contribution in [1.29, 1.82) is 0 Å². The third kappa shape index (κ3) is 2.93. The molecule has 0 spiro atoms. The standard InChI is InChI=1S/C14H26N4/c1-10-5-11(2)8-18(7-10)14(12(3)15)13-6-16-17(4)9-13/h6,9-12,14H,5,7-8,15H2,1-4H3. The van der Waals surface area contributed by atoms with Crippen LogP contribution in [-0.4, -0.2) is 33.8 Å². The van der Waals surface area contributed by atoms with Crippen molar-refractivity contribution in [1.82, 2.24) is 14.7 Å². The highest BCUT2D eigenvalue weighted by Crippen LogP contribution is 2.30. The maximum atomic E-state index is 6.22. The Morgan fingerprint density at radius 1 is 1.33 bits per heavy atom. The van der Waals surface area contributed by atoms with Crippen molar-refractivity contribution in [3.8, 4) is 0 Å². The Morgan fingerprint density at radius 3 is 2.39 bits per heavy atom. The van der Waals surface area contributed by atoms with Crippen molar-refractivity contribution in [3.05, 3.63) is 18.0 Å². The van der Waals surface area contributed by atoms with E-state index in [2.05, 4.69) is 37.0 Å². The molecule has 1 aliphatic heterocycles. The largest absolute Gasteiger partial charge is 0.326 e. The highest BCUT2D eigenvalue weighted by Gasteiger charge is 2.31. The van der Waals surface area contributed by atoms with Crippen LogP contribution in [0.5, 0.6) is 0 Å². The monoisotopic (exact) mass is 250 g/mol. The summed E-state index contributed by atoms with van der Waals surface area (Å²) in [6.45, 7) is 9.06. The van der Waals surface area contributed by atoms with Gasteiger partial charge in [0, 0.05) is 37.9 Å². The molecule has 2 N–H and O–H groups in total. The van der Waals surface area contributed by atoms with Crippen LogP contribution in [0.1, 0.15) is 38.8 Å². The first-order valence-electron chi connectivity index (χ1n) is 6.95. The molecule has 18 heavy (non-hydrogen) atoms. The fourth-order valence-electron chi connectivity index (χ4n) is 3.38. The lowest BCUT2D eigenvalue weighted by Gasteiger charge is -2.41. The molecule has 1 aromatic rings. The third-order valence-corrected chi connectivity index (χ3v) is 3.85. The number of piperidine rings is 1. The quantitative estimate of drug-likeness (QED) is 0.889. The van der Waals surface area contributed by atoms with E-state index in [0.717, 1.165) is 24.9 Å². The predicted molar refractivity (Wildman–Crippen MR) is 74.1 cm³/mol. The number of nitrogens with zero attached hydrogens (tertiary/aromatic N) is 3. The van der Waals surface area contributed by atoms with E-state index >= 15 is 0 Å². The van der Waals surface area contributed by atoms with Crippen LogP contribution in [0.15, 0.2) is 12.4 Å². The summed E-state index contributed by atoms with van der Waals surface area (Å²) in [5, 5.41) is 4.29. The van der Waals surface area contributed by atoms with E-state index in [0.29, 0.717) is 6.04 Å². The van der Waals surface area contributed by atoms with Gasteiger partial charge in [-0.15, -0.1) is 0 Å². The van der Waals surface area contributed by atoms with Gasteiger partial charge < -0.3 is 5.73 Å². The van der Waals surface area contributed by atoms with Gasteiger partial charge in [0.05, 0.1) is 12.2 Å². The van der Waals surface area contributed by atoms with Gasteiger partial charge in [-0.1, -0.05) is 13.8 Å². The lowest BCUT2D eigenvalue weighted by atomic mass is 9.89. The van der Waals surface area contributed by atoms with Crippen LogP contribution in [0.2, 0.25) is 0 Å². The first-order chi connectivity index (χ1) is 8.47. The number of hydrogen-bond donors (Lipinski definition) is 1. The second kappa shape index (κ2) is 5.41. The van der Waals surface area contributed by atoms with E-state index in [9.17, 15) is 0 Å². The molecule has 4 unspecified atom stereocenters. The minimum Gasteiger partial charge on any atom is -0.326 e. The molecule has 0 aromatic carbocycles. The molecular formula is C14H26N4. The average molecular weight is 250 g/mol. The van der Waals surface area contributed by atoms with Gasteiger partial charge in [-0.05, 0) is 25.2 Å². The maximum absolute atomic E-state index is 6.22. The molecule has 0 bridgehead atoms. The summed E-state index contributed by atoms with van der Waals surface area (Å²) in [4.78, 5) is 2.54. The number of likely N-dealkylation sites (tertiary alicyclic amines) is 1. The number of rotatable bonds is 3. The summed E-state index contributed by atoms with van der Waals surface area (Å²) < 4.78 is 1.86. The Balaban J connectivity index is 2.19. The van der Waals surface area contributed by atoms with Crippen molar-refractivity contribution in [2.24, 2.45) is 24.6 Å². The van der Waals surface area contributed by atoms with Gasteiger partial charge >= 0.3 is 0 Å². The topological polar surface area (TPSA) is 47.1 Å². The highest BCUT2D eigenvalue weighted by molar-refractivity contribution is 5.13. The van der Waals surface area contributed by atoms with Crippen LogP contribution in [-0.2, 0) is 7.05 Å². The SMILES string of the molecule is CC1CC(C)CN(C(c2cnn(C)c2)C(C)N)C1. The van der Waals surface area contributed by atoms with Crippen molar-refractivity contribution in [2.45, 2.75) is 39.3 Å². The number of aromatic nitrogens is 2. The molecular weight excluding hydrogens is 224 g/mol. The molecule has 0 radical (unpaired) electrons. The molecule has 102 valence electrons. The van der Waals surface area contributed by atoms with Crippen LogP contribution in [0.4, 0.5) is 0 Å². The van der Waals surface area contributed by atoms with E-state index in [4.69, 9.17) is 5.73 Å². The molecule has 2 heterocycles. The Labute approximate surface area is 110 Å². The molecule has 0 aliphatic carbocycles. The molecule has 4 nitrogen and oxygen atoms in total. The van der Waals surface area contributed by atoms with Gasteiger partial charge in [-0.2, -0.15) is 5.10 Å². The van der Waals surface area contributed by atoms with Crippen LogP contribution >= 0.6 is 0 Å². The van der Waals surface area contributed by atoms with E-state index in [-0.39, 0.29) is 6.04 Å². The predicted octanol–water partition coefficient (Wildman–Crippen LogP) is 1.79. The highest BCUT2D eigenvalue weighted by atomic mass is 15.3. The number of hydrogen-bond acceptors (Lipinski definition) is 3. The molecule has 0 saturated carbocycles.